The SMILES string of the molecule is Oc1ccc(C(c2ccccn2)N2CCN(CCCCc3cn(C(c4ccccc4)(c4ccccc4)c4ccccc4)cn3)CC2)cc1. The monoisotopic (exact) mass is 633 g/mol. The highest BCUT2D eigenvalue weighted by Crippen LogP contribution is 2.41. The number of aromatic hydroxyl groups is 1. The molecule has 1 unspecified atom stereocenters. The lowest BCUT2D eigenvalue weighted by atomic mass is 9.77. The Morgan fingerprint density at radius 2 is 1.21 bits per heavy atom. The van der Waals surface area contributed by atoms with Gasteiger partial charge in [-0.25, -0.2) is 4.98 Å². The van der Waals surface area contributed by atoms with Crippen LogP contribution in [0.15, 0.2) is 152 Å². The fraction of sp³-hybridized carbons (Fsp3) is 0.238. The first-order valence-corrected chi connectivity index (χ1v) is 17.1. The lowest BCUT2D eigenvalue weighted by Gasteiger charge is -2.39. The van der Waals surface area contributed by atoms with Crippen molar-refractivity contribution in [1.29, 1.82) is 0 Å². The normalized spacial score (nSPS) is 14.9. The predicted octanol–water partition coefficient (Wildman–Crippen LogP) is 7.55. The smallest absolute Gasteiger partial charge is 0.121 e. The number of phenols is 1. The number of hydrogen-bond donors (Lipinski definition) is 1. The van der Waals surface area contributed by atoms with Crippen LogP contribution < -0.4 is 0 Å². The van der Waals surface area contributed by atoms with Crippen molar-refractivity contribution in [2.75, 3.05) is 32.7 Å². The van der Waals surface area contributed by atoms with Gasteiger partial charge >= 0.3 is 0 Å². The zero-order valence-electron chi connectivity index (χ0n) is 27.4. The van der Waals surface area contributed by atoms with Gasteiger partial charge in [0.1, 0.15) is 11.3 Å². The maximum absolute atomic E-state index is 9.87. The van der Waals surface area contributed by atoms with Crippen molar-refractivity contribution in [3.63, 3.8) is 0 Å². The Hall–Kier alpha value is -5.04. The minimum Gasteiger partial charge on any atom is -0.508 e. The fourth-order valence-corrected chi connectivity index (χ4v) is 7.31. The minimum atomic E-state index is -0.526. The Balaban J connectivity index is 1.01. The zero-order valence-corrected chi connectivity index (χ0v) is 27.4. The molecule has 6 heteroatoms. The Morgan fingerprint density at radius 1 is 0.625 bits per heavy atom. The number of pyridine rings is 1. The average Bonchev–Trinajstić information content (AvgIpc) is 3.63. The predicted molar refractivity (Wildman–Crippen MR) is 192 cm³/mol. The van der Waals surface area contributed by atoms with Gasteiger partial charge in [-0.2, -0.15) is 0 Å². The van der Waals surface area contributed by atoms with Crippen molar-refractivity contribution >= 4 is 0 Å². The first kappa shape index (κ1) is 31.6. The summed E-state index contributed by atoms with van der Waals surface area (Å²) in [5.74, 6) is 0.290. The number of imidazole rings is 1. The van der Waals surface area contributed by atoms with E-state index in [1.54, 1.807) is 12.1 Å². The molecule has 1 atom stereocenters. The largest absolute Gasteiger partial charge is 0.508 e. The van der Waals surface area contributed by atoms with Crippen molar-refractivity contribution in [3.8, 4) is 5.75 Å². The van der Waals surface area contributed by atoms with E-state index >= 15 is 0 Å². The first-order chi connectivity index (χ1) is 23.7. The molecule has 2 aromatic heterocycles. The van der Waals surface area contributed by atoms with Crippen LogP contribution in [0.1, 0.15) is 52.5 Å². The van der Waals surface area contributed by atoms with E-state index in [-0.39, 0.29) is 11.8 Å². The third-order valence-corrected chi connectivity index (χ3v) is 9.70. The van der Waals surface area contributed by atoms with Crippen LogP contribution in [0.4, 0.5) is 0 Å². The number of hydrogen-bond acceptors (Lipinski definition) is 5. The van der Waals surface area contributed by atoms with Crippen LogP contribution in [0.3, 0.4) is 0 Å². The second kappa shape index (κ2) is 14.8. The standard InChI is InChI=1S/C42H43N5O/c48-39-24-22-34(23-25-39)41(40-21-10-12-26-43-40)46-30-28-45(29-31-46)27-13-11-20-38-32-47(33-44-38)42(35-14-4-1-5-15-35,36-16-6-2-7-17-36)37-18-8-3-9-19-37/h1-10,12,14-19,21-26,32-33,41,48H,11,13,20,27-31H2. The summed E-state index contributed by atoms with van der Waals surface area (Å²) < 4.78 is 2.31. The third kappa shape index (κ3) is 6.68. The van der Waals surface area contributed by atoms with Gasteiger partial charge in [0, 0.05) is 38.6 Å². The number of rotatable bonds is 12. The van der Waals surface area contributed by atoms with Gasteiger partial charge in [-0.05, 0) is 72.3 Å². The molecule has 0 saturated carbocycles. The van der Waals surface area contributed by atoms with Crippen molar-refractivity contribution in [2.45, 2.75) is 30.8 Å². The number of nitrogens with zero attached hydrogens (tertiary/aromatic N) is 5. The summed E-state index contributed by atoms with van der Waals surface area (Å²) in [4.78, 5) is 14.8. The Kier molecular flexibility index (Phi) is 9.73. The van der Waals surface area contributed by atoms with Gasteiger partial charge in [0.05, 0.1) is 23.8 Å². The molecule has 0 bridgehead atoms. The number of benzene rings is 4. The van der Waals surface area contributed by atoms with Gasteiger partial charge in [0.2, 0.25) is 0 Å². The first-order valence-electron chi connectivity index (χ1n) is 17.1. The quantitative estimate of drug-likeness (QED) is 0.111. The topological polar surface area (TPSA) is 57.4 Å². The average molecular weight is 634 g/mol. The third-order valence-electron chi connectivity index (χ3n) is 9.70. The Bertz CT molecular complexity index is 1740. The molecule has 1 saturated heterocycles. The summed E-state index contributed by atoms with van der Waals surface area (Å²) in [6.07, 6.45) is 9.32. The van der Waals surface area contributed by atoms with Gasteiger partial charge in [-0.15, -0.1) is 0 Å². The Labute approximate surface area is 284 Å². The van der Waals surface area contributed by atoms with E-state index in [1.165, 1.54) is 16.7 Å². The number of unbranched alkanes of at least 4 members (excludes halogenated alkanes) is 1. The molecule has 48 heavy (non-hydrogen) atoms. The van der Waals surface area contributed by atoms with Crippen LogP contribution in [-0.4, -0.2) is 62.2 Å². The molecular weight excluding hydrogens is 590 g/mol. The molecule has 7 rings (SSSR count). The Morgan fingerprint density at radius 3 is 1.77 bits per heavy atom. The molecule has 0 amide bonds. The van der Waals surface area contributed by atoms with Gasteiger partial charge in [0.15, 0.2) is 0 Å². The van der Waals surface area contributed by atoms with E-state index in [4.69, 9.17) is 9.97 Å². The van der Waals surface area contributed by atoms with Crippen LogP contribution in [0.5, 0.6) is 5.75 Å². The van der Waals surface area contributed by atoms with Gasteiger partial charge in [-0.1, -0.05) is 109 Å². The van der Waals surface area contributed by atoms with Crippen LogP contribution in [0.25, 0.3) is 0 Å². The summed E-state index contributed by atoms with van der Waals surface area (Å²) in [7, 11) is 0. The van der Waals surface area contributed by atoms with Crippen LogP contribution in [-0.2, 0) is 12.0 Å². The molecule has 0 radical (unpaired) electrons. The van der Waals surface area contributed by atoms with E-state index in [0.717, 1.165) is 68.9 Å². The highest BCUT2D eigenvalue weighted by Gasteiger charge is 2.38. The van der Waals surface area contributed by atoms with Crippen molar-refractivity contribution in [3.05, 3.63) is 186 Å². The van der Waals surface area contributed by atoms with Crippen molar-refractivity contribution in [2.24, 2.45) is 0 Å². The molecule has 6 aromatic rings. The number of phenolic OH excluding ortho intramolecular Hbond substituents is 1. The molecule has 1 fully saturated rings. The van der Waals surface area contributed by atoms with E-state index in [2.05, 4.69) is 124 Å². The minimum absolute atomic E-state index is 0.0823. The molecule has 0 aliphatic carbocycles. The van der Waals surface area contributed by atoms with E-state index < -0.39 is 5.54 Å². The summed E-state index contributed by atoms with van der Waals surface area (Å²) in [5, 5.41) is 9.87. The van der Waals surface area contributed by atoms with E-state index in [0.29, 0.717) is 0 Å². The molecule has 6 nitrogen and oxygen atoms in total. The molecule has 242 valence electrons. The lowest BCUT2D eigenvalue weighted by molar-refractivity contribution is 0.107. The molecule has 3 heterocycles. The summed E-state index contributed by atoms with van der Waals surface area (Å²) in [6.45, 7) is 5.11. The van der Waals surface area contributed by atoms with Crippen molar-refractivity contribution < 1.29 is 5.11 Å². The molecule has 1 aliphatic rings. The molecule has 0 spiro atoms. The van der Waals surface area contributed by atoms with E-state index in [9.17, 15) is 5.11 Å². The number of piperazine rings is 1. The molecule has 1 N–H and O–H groups in total. The summed E-state index contributed by atoms with van der Waals surface area (Å²) in [5.41, 5.74) is 6.44. The number of aryl methyl sites for hydroxylation is 1. The maximum atomic E-state index is 9.87. The maximum Gasteiger partial charge on any atom is 0.121 e. The summed E-state index contributed by atoms with van der Waals surface area (Å²) in [6, 6.07) is 46.1. The van der Waals surface area contributed by atoms with Crippen molar-refractivity contribution in [1.82, 2.24) is 24.3 Å². The van der Waals surface area contributed by atoms with Gasteiger partial charge < -0.3 is 14.6 Å². The molecule has 4 aromatic carbocycles. The van der Waals surface area contributed by atoms with Crippen LogP contribution in [0, 0.1) is 0 Å². The van der Waals surface area contributed by atoms with Crippen LogP contribution >= 0.6 is 0 Å². The highest BCUT2D eigenvalue weighted by molar-refractivity contribution is 5.50. The highest BCUT2D eigenvalue weighted by atomic mass is 16.3. The summed E-state index contributed by atoms with van der Waals surface area (Å²) >= 11 is 0. The zero-order chi connectivity index (χ0) is 32.6. The van der Waals surface area contributed by atoms with Crippen LogP contribution in [0.2, 0.25) is 0 Å². The van der Waals surface area contributed by atoms with Gasteiger partial charge in [0.25, 0.3) is 0 Å². The molecular formula is C42H43N5O. The fourth-order valence-electron chi connectivity index (χ4n) is 7.31. The molecule has 1 aliphatic heterocycles. The van der Waals surface area contributed by atoms with E-state index in [1.807, 2.05) is 30.7 Å². The second-order valence-corrected chi connectivity index (χ2v) is 12.7. The number of aromatic nitrogens is 3. The van der Waals surface area contributed by atoms with Gasteiger partial charge in [-0.3, -0.25) is 9.88 Å². The second-order valence-electron chi connectivity index (χ2n) is 12.7. The lowest BCUT2D eigenvalue weighted by Crippen LogP contribution is -2.48.